The standard InChI is InChI=1S/C33H42O17/c1-14-26(45-15(2)36)25(41)28(47-20(37)9-6-16-4-7-17(42-3)8-5-16)32(44-14)48-27-18-10-11-43-30(21(18)33(13-35)29(27)50-33)49-31-24(40)23(39)22(38)19(12-34)46-31/h4-11,14,18-19,21-32,34-35,38-41H,12-13H2,1-3H3. The highest BCUT2D eigenvalue weighted by Gasteiger charge is 2.77. The number of carbonyl (C=O) groups is 2. The third-order valence-electron chi connectivity index (χ3n) is 9.72. The van der Waals surface area contributed by atoms with Gasteiger partial charge in [0.05, 0.1) is 44.7 Å². The lowest BCUT2D eigenvalue weighted by atomic mass is 9.85. The van der Waals surface area contributed by atoms with Crippen LogP contribution in [0.2, 0.25) is 0 Å². The van der Waals surface area contributed by atoms with E-state index < -0.39 is 122 Å². The zero-order valence-electron chi connectivity index (χ0n) is 27.4. The van der Waals surface area contributed by atoms with Crippen molar-refractivity contribution in [2.24, 2.45) is 11.8 Å². The summed E-state index contributed by atoms with van der Waals surface area (Å²) < 4.78 is 51.7. The van der Waals surface area contributed by atoms with Crippen LogP contribution in [0.1, 0.15) is 19.4 Å². The first-order valence-electron chi connectivity index (χ1n) is 16.2. The van der Waals surface area contributed by atoms with Crippen molar-refractivity contribution in [3.05, 3.63) is 48.2 Å². The summed E-state index contributed by atoms with van der Waals surface area (Å²) in [6, 6.07) is 6.87. The van der Waals surface area contributed by atoms with Crippen LogP contribution in [-0.2, 0) is 47.5 Å². The summed E-state index contributed by atoms with van der Waals surface area (Å²) in [5, 5.41) is 62.4. The molecule has 0 amide bonds. The minimum Gasteiger partial charge on any atom is -0.497 e. The van der Waals surface area contributed by atoms with E-state index in [9.17, 15) is 40.2 Å². The molecule has 16 unspecified atom stereocenters. The molecule has 4 fully saturated rings. The second kappa shape index (κ2) is 14.8. The highest BCUT2D eigenvalue weighted by molar-refractivity contribution is 5.87. The Kier molecular flexibility index (Phi) is 10.8. The van der Waals surface area contributed by atoms with Gasteiger partial charge in [-0.2, -0.15) is 0 Å². The Hall–Kier alpha value is -3.20. The number of hydrogen-bond donors (Lipinski definition) is 6. The Bertz CT molecular complexity index is 1420. The Morgan fingerprint density at radius 3 is 2.28 bits per heavy atom. The summed E-state index contributed by atoms with van der Waals surface area (Å²) in [5.74, 6) is -2.30. The van der Waals surface area contributed by atoms with Gasteiger partial charge in [-0.3, -0.25) is 4.79 Å². The van der Waals surface area contributed by atoms with Crippen LogP contribution >= 0.6 is 0 Å². The van der Waals surface area contributed by atoms with E-state index in [-0.39, 0.29) is 0 Å². The van der Waals surface area contributed by atoms with Gasteiger partial charge in [-0.05, 0) is 36.8 Å². The number of methoxy groups -OCH3 is 1. The first-order valence-corrected chi connectivity index (χ1v) is 16.2. The quantitative estimate of drug-likeness (QED) is 0.0835. The number of rotatable bonds is 11. The van der Waals surface area contributed by atoms with Crippen LogP contribution in [0.15, 0.2) is 42.7 Å². The molecular weight excluding hydrogens is 668 g/mol. The van der Waals surface area contributed by atoms with E-state index in [1.807, 2.05) is 0 Å². The first-order chi connectivity index (χ1) is 23.9. The molecule has 1 aromatic rings. The molecular formula is C33H42O17. The van der Waals surface area contributed by atoms with Crippen molar-refractivity contribution in [3.8, 4) is 5.75 Å². The third kappa shape index (κ3) is 6.88. The maximum atomic E-state index is 13.0. The molecule has 50 heavy (non-hydrogen) atoms. The summed E-state index contributed by atoms with van der Waals surface area (Å²) in [4.78, 5) is 24.9. The molecule has 1 aliphatic carbocycles. The van der Waals surface area contributed by atoms with Crippen LogP contribution in [0.25, 0.3) is 6.08 Å². The lowest BCUT2D eigenvalue weighted by Gasteiger charge is -2.44. The molecule has 3 saturated heterocycles. The number of benzene rings is 1. The number of aliphatic hydroxyl groups excluding tert-OH is 6. The van der Waals surface area contributed by atoms with Crippen molar-refractivity contribution in [2.75, 3.05) is 20.3 Å². The minimum atomic E-state index is -1.71. The molecule has 1 aromatic carbocycles. The van der Waals surface area contributed by atoms with E-state index >= 15 is 0 Å². The van der Waals surface area contributed by atoms with Crippen molar-refractivity contribution in [1.29, 1.82) is 0 Å². The lowest BCUT2D eigenvalue weighted by molar-refractivity contribution is -0.347. The number of ether oxygens (including phenoxy) is 9. The van der Waals surface area contributed by atoms with Gasteiger partial charge in [-0.15, -0.1) is 0 Å². The van der Waals surface area contributed by atoms with E-state index in [0.29, 0.717) is 11.3 Å². The first kappa shape index (κ1) is 36.6. The molecule has 17 heteroatoms. The molecule has 276 valence electrons. The SMILES string of the molecule is COc1ccc(C=CC(=O)OC2C(OC3C4C=COC(OC5OC(CO)C(O)C(O)C5O)C4C4(CO)OC34)OC(C)C(OC(C)=O)C2O)cc1. The fourth-order valence-corrected chi connectivity index (χ4v) is 7.10. The van der Waals surface area contributed by atoms with Gasteiger partial charge in [0.2, 0.25) is 6.29 Å². The molecule has 0 radical (unpaired) electrons. The zero-order chi connectivity index (χ0) is 35.9. The molecule has 0 aromatic heterocycles. The molecule has 5 aliphatic rings. The summed E-state index contributed by atoms with van der Waals surface area (Å²) in [6.07, 6.45) is -11.6. The second-order valence-electron chi connectivity index (χ2n) is 12.8. The number of hydrogen-bond acceptors (Lipinski definition) is 17. The average Bonchev–Trinajstić information content (AvgIpc) is 3.78. The van der Waals surface area contributed by atoms with Crippen molar-refractivity contribution in [1.82, 2.24) is 0 Å². The van der Waals surface area contributed by atoms with Crippen LogP contribution in [0, 0.1) is 11.8 Å². The molecule has 0 spiro atoms. The van der Waals surface area contributed by atoms with Gasteiger partial charge >= 0.3 is 11.9 Å². The maximum absolute atomic E-state index is 13.0. The van der Waals surface area contributed by atoms with E-state index in [0.717, 1.165) is 6.08 Å². The smallest absolute Gasteiger partial charge is 0.331 e. The van der Waals surface area contributed by atoms with Gasteiger partial charge in [0.1, 0.15) is 48.0 Å². The molecule has 4 heterocycles. The van der Waals surface area contributed by atoms with E-state index in [2.05, 4.69) is 0 Å². The summed E-state index contributed by atoms with van der Waals surface area (Å²) in [5.41, 5.74) is -0.594. The lowest BCUT2D eigenvalue weighted by Crippen LogP contribution is -2.61. The molecule has 17 nitrogen and oxygen atoms in total. The van der Waals surface area contributed by atoms with Crippen LogP contribution in [-0.4, -0.2) is 148 Å². The molecule has 0 bridgehead atoms. The highest BCUT2D eigenvalue weighted by atomic mass is 16.8. The maximum Gasteiger partial charge on any atom is 0.331 e. The van der Waals surface area contributed by atoms with Gasteiger partial charge in [-0.25, -0.2) is 4.79 Å². The fourth-order valence-electron chi connectivity index (χ4n) is 7.10. The van der Waals surface area contributed by atoms with Gasteiger partial charge < -0.3 is 73.3 Å². The average molecular weight is 711 g/mol. The van der Waals surface area contributed by atoms with Crippen molar-refractivity contribution in [2.45, 2.75) is 99.4 Å². The van der Waals surface area contributed by atoms with Gasteiger partial charge in [0, 0.05) is 18.9 Å². The monoisotopic (exact) mass is 710 g/mol. The number of esters is 2. The van der Waals surface area contributed by atoms with Crippen LogP contribution in [0.3, 0.4) is 0 Å². The highest BCUT2D eigenvalue weighted by Crippen LogP contribution is 2.61. The van der Waals surface area contributed by atoms with Gasteiger partial charge in [-0.1, -0.05) is 12.1 Å². The molecule has 6 N–H and O–H groups in total. The van der Waals surface area contributed by atoms with Crippen molar-refractivity contribution < 1.29 is 82.9 Å². The minimum absolute atomic E-state index is 0.502. The van der Waals surface area contributed by atoms with E-state index in [1.54, 1.807) is 37.3 Å². The number of carbonyl (C=O) groups excluding carboxylic acids is 2. The van der Waals surface area contributed by atoms with Crippen molar-refractivity contribution >= 4 is 18.0 Å². The Morgan fingerprint density at radius 2 is 1.62 bits per heavy atom. The van der Waals surface area contributed by atoms with Gasteiger partial charge in [0.15, 0.2) is 24.8 Å². The number of epoxide rings is 1. The van der Waals surface area contributed by atoms with Crippen LogP contribution in [0.5, 0.6) is 5.75 Å². The second-order valence-corrected chi connectivity index (χ2v) is 12.8. The largest absolute Gasteiger partial charge is 0.497 e. The predicted molar refractivity (Wildman–Crippen MR) is 163 cm³/mol. The van der Waals surface area contributed by atoms with E-state index in [4.69, 9.17) is 42.6 Å². The molecule has 6 rings (SSSR count). The molecule has 1 saturated carbocycles. The Morgan fingerprint density at radius 1 is 0.880 bits per heavy atom. The Balaban J connectivity index is 1.21. The molecule has 16 atom stereocenters. The topological polar surface area (TPSA) is 242 Å². The summed E-state index contributed by atoms with van der Waals surface area (Å²) in [6.45, 7) is 1.55. The van der Waals surface area contributed by atoms with E-state index in [1.165, 1.54) is 26.4 Å². The molecule has 4 aliphatic heterocycles. The summed E-state index contributed by atoms with van der Waals surface area (Å²) in [7, 11) is 1.53. The fraction of sp³-hybridized carbons (Fsp3) is 0.636. The Labute approximate surface area is 286 Å². The van der Waals surface area contributed by atoms with Crippen LogP contribution < -0.4 is 4.74 Å². The zero-order valence-corrected chi connectivity index (χ0v) is 27.4. The summed E-state index contributed by atoms with van der Waals surface area (Å²) >= 11 is 0. The van der Waals surface area contributed by atoms with Gasteiger partial charge in [0.25, 0.3) is 0 Å². The normalized spacial score (nSPS) is 43.4. The number of aliphatic hydroxyl groups is 6. The number of fused-ring (bicyclic) bond motifs is 3. The van der Waals surface area contributed by atoms with Crippen LogP contribution in [0.4, 0.5) is 0 Å². The predicted octanol–water partition coefficient (Wildman–Crippen LogP) is -1.89. The van der Waals surface area contributed by atoms with Crippen molar-refractivity contribution in [3.63, 3.8) is 0 Å². The third-order valence-corrected chi connectivity index (χ3v) is 9.72.